The summed E-state index contributed by atoms with van der Waals surface area (Å²) in [7, 11) is 0. The summed E-state index contributed by atoms with van der Waals surface area (Å²) in [5.41, 5.74) is 0.651. The Bertz CT molecular complexity index is 377. The molecule has 0 aliphatic heterocycles. The highest BCUT2D eigenvalue weighted by molar-refractivity contribution is 7.08. The minimum Gasteiger partial charge on any atom is -0.392 e. The lowest BCUT2D eigenvalue weighted by Crippen LogP contribution is -2.31. The van der Waals surface area contributed by atoms with Gasteiger partial charge in [-0.1, -0.05) is 0 Å². The van der Waals surface area contributed by atoms with Crippen LogP contribution < -0.4 is 10.6 Å². The standard InChI is InChI=1S/C12H18N2O3S/c1-9(15)7-14-11(16)3-2-5-13-12(17)10-4-6-18-8-10/h4,6,8-9,15H,2-3,5,7H2,1H3,(H,13,17)(H,14,16). The number of rotatable bonds is 7. The van der Waals surface area contributed by atoms with Crippen molar-refractivity contribution in [2.75, 3.05) is 13.1 Å². The zero-order valence-corrected chi connectivity index (χ0v) is 11.1. The van der Waals surface area contributed by atoms with Crippen LogP contribution in [-0.4, -0.2) is 36.1 Å². The van der Waals surface area contributed by atoms with Crippen molar-refractivity contribution in [3.8, 4) is 0 Å². The predicted octanol–water partition coefficient (Wildman–Crippen LogP) is 0.755. The van der Waals surface area contributed by atoms with Crippen LogP contribution in [0.5, 0.6) is 0 Å². The number of thiophene rings is 1. The molecule has 1 aromatic heterocycles. The molecule has 0 spiro atoms. The van der Waals surface area contributed by atoms with E-state index in [2.05, 4.69) is 10.6 Å². The second-order valence-corrected chi connectivity index (χ2v) is 4.80. The lowest BCUT2D eigenvalue weighted by Gasteiger charge is -2.07. The lowest BCUT2D eigenvalue weighted by molar-refractivity contribution is -0.121. The van der Waals surface area contributed by atoms with E-state index in [4.69, 9.17) is 5.11 Å². The van der Waals surface area contributed by atoms with E-state index in [0.717, 1.165) is 0 Å². The van der Waals surface area contributed by atoms with Crippen LogP contribution >= 0.6 is 11.3 Å². The molecule has 1 heterocycles. The maximum absolute atomic E-state index is 11.5. The largest absolute Gasteiger partial charge is 0.392 e. The molecule has 18 heavy (non-hydrogen) atoms. The monoisotopic (exact) mass is 270 g/mol. The van der Waals surface area contributed by atoms with E-state index in [-0.39, 0.29) is 18.4 Å². The molecule has 100 valence electrons. The van der Waals surface area contributed by atoms with Crippen LogP contribution in [0.3, 0.4) is 0 Å². The Labute approximate surface area is 110 Å². The quantitative estimate of drug-likeness (QED) is 0.640. The number of aliphatic hydroxyl groups excluding tert-OH is 1. The van der Waals surface area contributed by atoms with Crippen molar-refractivity contribution < 1.29 is 14.7 Å². The SMILES string of the molecule is CC(O)CNC(=O)CCCNC(=O)c1ccsc1. The molecule has 0 saturated heterocycles. The van der Waals surface area contributed by atoms with Crippen molar-refractivity contribution in [3.63, 3.8) is 0 Å². The third-order valence-electron chi connectivity index (χ3n) is 2.24. The van der Waals surface area contributed by atoms with E-state index >= 15 is 0 Å². The topological polar surface area (TPSA) is 78.4 Å². The molecule has 0 radical (unpaired) electrons. The number of aliphatic hydroxyl groups is 1. The van der Waals surface area contributed by atoms with Crippen LogP contribution in [0.4, 0.5) is 0 Å². The molecule has 0 bridgehead atoms. The van der Waals surface area contributed by atoms with E-state index < -0.39 is 6.10 Å². The van der Waals surface area contributed by atoms with Gasteiger partial charge >= 0.3 is 0 Å². The molecular weight excluding hydrogens is 252 g/mol. The molecule has 1 atom stereocenters. The second kappa shape index (κ2) is 7.84. The third kappa shape index (κ3) is 5.79. The smallest absolute Gasteiger partial charge is 0.252 e. The van der Waals surface area contributed by atoms with E-state index in [9.17, 15) is 9.59 Å². The first-order chi connectivity index (χ1) is 8.59. The van der Waals surface area contributed by atoms with Gasteiger partial charge in [0.2, 0.25) is 5.91 Å². The van der Waals surface area contributed by atoms with Gasteiger partial charge in [-0.3, -0.25) is 9.59 Å². The molecule has 3 N–H and O–H groups in total. The van der Waals surface area contributed by atoms with Crippen molar-refractivity contribution in [1.82, 2.24) is 10.6 Å². The Hall–Kier alpha value is -1.40. The van der Waals surface area contributed by atoms with Crippen LogP contribution in [0.15, 0.2) is 16.8 Å². The maximum atomic E-state index is 11.5. The van der Waals surface area contributed by atoms with Crippen molar-refractivity contribution in [2.45, 2.75) is 25.9 Å². The van der Waals surface area contributed by atoms with Crippen LogP contribution in [0.25, 0.3) is 0 Å². The number of amides is 2. The molecule has 2 amide bonds. The summed E-state index contributed by atoms with van der Waals surface area (Å²) in [6, 6.07) is 1.76. The van der Waals surface area contributed by atoms with E-state index in [1.807, 2.05) is 5.38 Å². The van der Waals surface area contributed by atoms with Gasteiger partial charge in [-0.25, -0.2) is 0 Å². The summed E-state index contributed by atoms with van der Waals surface area (Å²) in [5.74, 6) is -0.221. The first kappa shape index (κ1) is 14.7. The van der Waals surface area contributed by atoms with Crippen molar-refractivity contribution in [3.05, 3.63) is 22.4 Å². The van der Waals surface area contributed by atoms with Gasteiger partial charge in [0.1, 0.15) is 0 Å². The third-order valence-corrected chi connectivity index (χ3v) is 2.93. The highest BCUT2D eigenvalue weighted by atomic mass is 32.1. The maximum Gasteiger partial charge on any atom is 0.252 e. The lowest BCUT2D eigenvalue weighted by atomic mass is 10.2. The zero-order valence-electron chi connectivity index (χ0n) is 10.3. The van der Waals surface area contributed by atoms with Crippen LogP contribution in [-0.2, 0) is 4.79 Å². The van der Waals surface area contributed by atoms with Crippen molar-refractivity contribution in [1.29, 1.82) is 0 Å². The molecule has 0 aliphatic rings. The number of nitrogens with one attached hydrogen (secondary N) is 2. The molecule has 1 rings (SSSR count). The Kier molecular flexibility index (Phi) is 6.38. The van der Waals surface area contributed by atoms with Gasteiger partial charge in [0.15, 0.2) is 0 Å². The fourth-order valence-electron chi connectivity index (χ4n) is 1.30. The molecule has 0 aliphatic carbocycles. The van der Waals surface area contributed by atoms with Crippen LogP contribution in [0.2, 0.25) is 0 Å². The number of carbonyl (C=O) groups is 2. The average Bonchev–Trinajstić information content (AvgIpc) is 2.85. The van der Waals surface area contributed by atoms with Gasteiger partial charge in [0.05, 0.1) is 6.10 Å². The fourth-order valence-corrected chi connectivity index (χ4v) is 1.93. The predicted molar refractivity (Wildman–Crippen MR) is 70.6 cm³/mol. The molecule has 0 fully saturated rings. The highest BCUT2D eigenvalue weighted by Gasteiger charge is 2.06. The van der Waals surface area contributed by atoms with Crippen LogP contribution in [0, 0.1) is 0 Å². The highest BCUT2D eigenvalue weighted by Crippen LogP contribution is 2.05. The molecule has 1 aromatic rings. The molecular formula is C12H18N2O3S. The fraction of sp³-hybridized carbons (Fsp3) is 0.500. The Morgan fingerprint density at radius 3 is 2.83 bits per heavy atom. The summed E-state index contributed by atoms with van der Waals surface area (Å²) in [6.45, 7) is 2.35. The normalized spacial score (nSPS) is 11.9. The number of hydrogen-bond donors (Lipinski definition) is 3. The second-order valence-electron chi connectivity index (χ2n) is 4.02. The van der Waals surface area contributed by atoms with Crippen molar-refractivity contribution >= 4 is 23.2 Å². The number of carbonyl (C=O) groups excluding carboxylic acids is 2. The van der Waals surface area contributed by atoms with Gasteiger partial charge < -0.3 is 15.7 Å². The first-order valence-electron chi connectivity index (χ1n) is 5.84. The van der Waals surface area contributed by atoms with Crippen molar-refractivity contribution in [2.24, 2.45) is 0 Å². The molecule has 0 aromatic carbocycles. The van der Waals surface area contributed by atoms with Gasteiger partial charge in [0.25, 0.3) is 5.91 Å². The van der Waals surface area contributed by atoms with E-state index in [1.54, 1.807) is 18.4 Å². The Morgan fingerprint density at radius 1 is 1.44 bits per heavy atom. The summed E-state index contributed by atoms with van der Waals surface area (Å²) < 4.78 is 0. The number of hydrogen-bond acceptors (Lipinski definition) is 4. The van der Waals surface area contributed by atoms with Gasteiger partial charge in [-0.05, 0) is 24.8 Å². The minimum atomic E-state index is -0.535. The average molecular weight is 270 g/mol. The Morgan fingerprint density at radius 2 is 2.22 bits per heavy atom. The molecule has 1 unspecified atom stereocenters. The summed E-state index contributed by atoms with van der Waals surface area (Å²) in [5, 5.41) is 18.0. The summed E-state index contributed by atoms with van der Waals surface area (Å²) in [6.07, 6.45) is 0.394. The van der Waals surface area contributed by atoms with Gasteiger partial charge in [-0.15, -0.1) is 0 Å². The summed E-state index contributed by atoms with van der Waals surface area (Å²) in [4.78, 5) is 22.8. The van der Waals surface area contributed by atoms with Gasteiger partial charge in [0, 0.05) is 30.5 Å². The Balaban J connectivity index is 2.08. The molecule has 5 nitrogen and oxygen atoms in total. The molecule has 0 saturated carbocycles. The summed E-state index contributed by atoms with van der Waals surface area (Å²) >= 11 is 1.47. The minimum absolute atomic E-state index is 0.110. The van der Waals surface area contributed by atoms with Crippen LogP contribution in [0.1, 0.15) is 30.1 Å². The first-order valence-corrected chi connectivity index (χ1v) is 6.79. The van der Waals surface area contributed by atoms with E-state index in [0.29, 0.717) is 24.9 Å². The van der Waals surface area contributed by atoms with Gasteiger partial charge in [-0.2, -0.15) is 11.3 Å². The zero-order chi connectivity index (χ0) is 13.4. The molecule has 6 heteroatoms. The van der Waals surface area contributed by atoms with E-state index in [1.165, 1.54) is 11.3 Å².